The fraction of sp³-hybridized carbons (Fsp3) is 0.538. The first-order chi connectivity index (χ1) is 8.66. The lowest BCUT2D eigenvalue weighted by Crippen LogP contribution is -2.41. The van der Waals surface area contributed by atoms with Crippen molar-refractivity contribution in [2.24, 2.45) is 5.73 Å². The SMILES string of the molecule is CC1(C)OB([C@H](N)c2cccc(Cl)c2F)OC1(C)C. The summed E-state index contributed by atoms with van der Waals surface area (Å²) in [6, 6.07) is 4.74. The van der Waals surface area contributed by atoms with Gasteiger partial charge in [0.05, 0.1) is 22.2 Å². The molecule has 3 nitrogen and oxygen atoms in total. The molecule has 0 amide bonds. The second-order valence-corrected chi connectivity index (χ2v) is 6.20. The van der Waals surface area contributed by atoms with Crippen LogP contribution in [0.5, 0.6) is 0 Å². The maximum Gasteiger partial charge on any atom is 0.480 e. The highest BCUT2D eigenvalue weighted by Crippen LogP contribution is 2.40. The molecule has 0 aliphatic carbocycles. The predicted molar refractivity (Wildman–Crippen MR) is 74.4 cm³/mol. The third kappa shape index (κ3) is 2.52. The molecule has 6 heteroatoms. The van der Waals surface area contributed by atoms with Gasteiger partial charge in [0.2, 0.25) is 0 Å². The topological polar surface area (TPSA) is 44.5 Å². The Bertz CT molecular complexity index is 480. The highest BCUT2D eigenvalue weighted by molar-refractivity contribution is 6.47. The summed E-state index contributed by atoms with van der Waals surface area (Å²) in [5, 5.41) is 0.0458. The van der Waals surface area contributed by atoms with E-state index < -0.39 is 30.1 Å². The van der Waals surface area contributed by atoms with Crippen molar-refractivity contribution < 1.29 is 13.7 Å². The Hall–Kier alpha value is -0.615. The third-order valence-electron chi connectivity index (χ3n) is 3.91. The van der Waals surface area contributed by atoms with Crippen molar-refractivity contribution in [3.05, 3.63) is 34.6 Å². The van der Waals surface area contributed by atoms with Gasteiger partial charge < -0.3 is 15.0 Å². The summed E-state index contributed by atoms with van der Waals surface area (Å²) in [6.07, 6.45) is 0. The van der Waals surface area contributed by atoms with Gasteiger partial charge in [0.1, 0.15) is 5.82 Å². The monoisotopic (exact) mass is 285 g/mol. The maximum absolute atomic E-state index is 14.0. The summed E-state index contributed by atoms with van der Waals surface area (Å²) in [5.74, 6) is -1.24. The lowest BCUT2D eigenvalue weighted by molar-refractivity contribution is 0.00578. The van der Waals surface area contributed by atoms with E-state index in [1.54, 1.807) is 12.1 Å². The van der Waals surface area contributed by atoms with Crippen molar-refractivity contribution in [3.8, 4) is 0 Å². The van der Waals surface area contributed by atoms with Crippen molar-refractivity contribution in [1.29, 1.82) is 0 Å². The molecule has 1 aromatic carbocycles. The fourth-order valence-corrected chi connectivity index (χ4v) is 2.14. The quantitative estimate of drug-likeness (QED) is 0.849. The molecule has 0 saturated carbocycles. The van der Waals surface area contributed by atoms with Crippen LogP contribution in [0.25, 0.3) is 0 Å². The Kier molecular flexibility index (Phi) is 3.69. The van der Waals surface area contributed by atoms with E-state index >= 15 is 0 Å². The number of halogens is 2. The van der Waals surface area contributed by atoms with Gasteiger partial charge in [-0.3, -0.25) is 0 Å². The van der Waals surface area contributed by atoms with E-state index in [9.17, 15) is 4.39 Å². The Labute approximate surface area is 118 Å². The zero-order valence-corrected chi connectivity index (χ0v) is 12.3. The summed E-state index contributed by atoms with van der Waals surface area (Å²) in [7, 11) is -0.696. The van der Waals surface area contributed by atoms with Crippen molar-refractivity contribution >= 4 is 18.7 Å². The summed E-state index contributed by atoms with van der Waals surface area (Å²) in [4.78, 5) is 0. The van der Waals surface area contributed by atoms with Gasteiger partial charge in [-0.2, -0.15) is 0 Å². The standard InChI is InChI=1S/C13H18BClFNO2/c1-12(2)13(3,4)19-14(18-12)11(17)8-6-5-7-9(15)10(8)16/h5-7,11H,17H2,1-4H3/t11-/m1/s1. The zero-order chi connectivity index (χ0) is 14.4. The molecule has 1 aliphatic rings. The Morgan fingerprint density at radius 1 is 1.21 bits per heavy atom. The number of hydrogen-bond donors (Lipinski definition) is 1. The Balaban J connectivity index is 2.27. The predicted octanol–water partition coefficient (Wildman–Crippen LogP) is 3.11. The van der Waals surface area contributed by atoms with Crippen molar-refractivity contribution in [3.63, 3.8) is 0 Å². The second kappa shape index (κ2) is 4.74. The van der Waals surface area contributed by atoms with Crippen LogP contribution in [0.4, 0.5) is 4.39 Å². The minimum absolute atomic E-state index is 0.0458. The molecular weight excluding hydrogens is 267 g/mol. The molecule has 1 atom stereocenters. The van der Waals surface area contributed by atoms with E-state index in [2.05, 4.69) is 0 Å². The summed E-state index contributed by atoms with van der Waals surface area (Å²) < 4.78 is 25.6. The lowest BCUT2D eigenvalue weighted by Gasteiger charge is -2.32. The molecule has 0 bridgehead atoms. The highest BCUT2D eigenvalue weighted by Gasteiger charge is 2.53. The van der Waals surface area contributed by atoms with E-state index in [4.69, 9.17) is 26.6 Å². The van der Waals surface area contributed by atoms with Crippen molar-refractivity contribution in [2.75, 3.05) is 0 Å². The average molecular weight is 286 g/mol. The molecule has 0 aromatic heterocycles. The van der Waals surface area contributed by atoms with Gasteiger partial charge in [-0.1, -0.05) is 23.7 Å². The van der Waals surface area contributed by atoms with E-state index in [1.807, 2.05) is 27.7 Å². The molecule has 1 heterocycles. The number of rotatable bonds is 2. The molecule has 19 heavy (non-hydrogen) atoms. The summed E-state index contributed by atoms with van der Waals surface area (Å²) in [5.41, 5.74) is 5.37. The molecule has 2 N–H and O–H groups in total. The van der Waals surface area contributed by atoms with Crippen LogP contribution in [0.1, 0.15) is 39.2 Å². The zero-order valence-electron chi connectivity index (χ0n) is 11.5. The number of benzene rings is 1. The van der Waals surface area contributed by atoms with Gasteiger partial charge >= 0.3 is 7.12 Å². The van der Waals surface area contributed by atoms with E-state index in [1.165, 1.54) is 6.07 Å². The van der Waals surface area contributed by atoms with Gasteiger partial charge in [-0.15, -0.1) is 0 Å². The first-order valence-corrected chi connectivity index (χ1v) is 6.58. The molecule has 0 radical (unpaired) electrons. The maximum atomic E-state index is 14.0. The molecule has 1 aromatic rings. The third-order valence-corrected chi connectivity index (χ3v) is 4.20. The van der Waals surface area contributed by atoms with Crippen LogP contribution in [0.2, 0.25) is 5.02 Å². The van der Waals surface area contributed by atoms with Crippen LogP contribution in [-0.2, 0) is 9.31 Å². The van der Waals surface area contributed by atoms with Gasteiger partial charge in [0, 0.05) is 5.56 Å². The fourth-order valence-electron chi connectivity index (χ4n) is 1.96. The van der Waals surface area contributed by atoms with Gasteiger partial charge in [-0.25, -0.2) is 4.39 Å². The molecule has 1 aliphatic heterocycles. The van der Waals surface area contributed by atoms with E-state index in [0.717, 1.165) is 0 Å². The molecule has 1 saturated heterocycles. The van der Waals surface area contributed by atoms with Gasteiger partial charge in [0.15, 0.2) is 0 Å². The van der Waals surface area contributed by atoms with Gasteiger partial charge in [-0.05, 0) is 33.8 Å². The smallest absolute Gasteiger partial charge is 0.402 e. The molecule has 2 rings (SSSR count). The van der Waals surface area contributed by atoms with Crippen LogP contribution < -0.4 is 5.73 Å². The molecule has 104 valence electrons. The Morgan fingerprint density at radius 3 is 2.26 bits per heavy atom. The number of nitrogens with two attached hydrogens (primary N) is 1. The van der Waals surface area contributed by atoms with Crippen LogP contribution in [0.15, 0.2) is 18.2 Å². The summed E-state index contributed by atoms with van der Waals surface area (Å²) in [6.45, 7) is 7.70. The molecule has 1 fully saturated rings. The Morgan fingerprint density at radius 2 is 1.74 bits per heavy atom. The lowest BCUT2D eigenvalue weighted by atomic mass is 9.74. The van der Waals surface area contributed by atoms with Gasteiger partial charge in [0.25, 0.3) is 0 Å². The van der Waals surface area contributed by atoms with Crippen LogP contribution >= 0.6 is 11.6 Å². The number of hydrogen-bond acceptors (Lipinski definition) is 3. The summed E-state index contributed by atoms with van der Waals surface area (Å²) >= 11 is 5.76. The van der Waals surface area contributed by atoms with E-state index in [0.29, 0.717) is 5.56 Å². The van der Waals surface area contributed by atoms with Crippen molar-refractivity contribution in [2.45, 2.75) is 44.8 Å². The first kappa shape index (κ1) is 14.8. The first-order valence-electron chi connectivity index (χ1n) is 6.21. The molecular formula is C13H18BClFNO2. The highest BCUT2D eigenvalue weighted by atomic mass is 35.5. The minimum Gasteiger partial charge on any atom is -0.402 e. The normalized spacial score (nSPS) is 22.6. The largest absolute Gasteiger partial charge is 0.480 e. The minimum atomic E-state index is -0.722. The molecule has 0 spiro atoms. The van der Waals surface area contributed by atoms with Crippen LogP contribution in [-0.4, -0.2) is 18.3 Å². The molecule has 0 unspecified atom stereocenters. The van der Waals surface area contributed by atoms with Crippen LogP contribution in [0.3, 0.4) is 0 Å². The van der Waals surface area contributed by atoms with E-state index in [-0.39, 0.29) is 5.02 Å². The second-order valence-electron chi connectivity index (χ2n) is 5.79. The average Bonchev–Trinajstić information content (AvgIpc) is 2.51. The van der Waals surface area contributed by atoms with Crippen LogP contribution in [0, 0.1) is 5.82 Å². The van der Waals surface area contributed by atoms with Crippen molar-refractivity contribution in [1.82, 2.24) is 0 Å².